The van der Waals surface area contributed by atoms with Crippen molar-refractivity contribution in [1.29, 1.82) is 0 Å². The summed E-state index contributed by atoms with van der Waals surface area (Å²) in [5.74, 6) is 0.501. The minimum Gasteiger partial charge on any atom is -0.422 e. The lowest BCUT2D eigenvalue weighted by atomic mass is 10.2. The minimum atomic E-state index is -0.615. The molecule has 0 atom stereocenters. The van der Waals surface area contributed by atoms with Crippen LogP contribution in [0.3, 0.4) is 0 Å². The van der Waals surface area contributed by atoms with Crippen molar-refractivity contribution >= 4 is 45.3 Å². The molecule has 0 saturated carbocycles. The molecular formula is C18H12BrClN2O2S. The summed E-state index contributed by atoms with van der Waals surface area (Å²) in [6.45, 7) is 0. The van der Waals surface area contributed by atoms with E-state index in [1.54, 1.807) is 24.3 Å². The van der Waals surface area contributed by atoms with E-state index in [-0.39, 0.29) is 10.7 Å². The fourth-order valence-electron chi connectivity index (χ4n) is 1.94. The van der Waals surface area contributed by atoms with Gasteiger partial charge in [-0.1, -0.05) is 69.6 Å². The Morgan fingerprint density at radius 1 is 1.12 bits per heavy atom. The first kappa shape index (κ1) is 17.9. The summed E-state index contributed by atoms with van der Waals surface area (Å²) in [5, 5.41) is 0.627. The highest BCUT2D eigenvalue weighted by atomic mass is 79.9. The van der Waals surface area contributed by atoms with E-state index in [1.165, 1.54) is 18.0 Å². The highest BCUT2D eigenvalue weighted by Gasteiger charge is 2.17. The smallest absolute Gasteiger partial charge is 0.364 e. The van der Waals surface area contributed by atoms with Gasteiger partial charge in [-0.2, -0.15) is 0 Å². The fraction of sp³-hybridized carbons (Fsp3) is 0.0556. The molecule has 25 heavy (non-hydrogen) atoms. The van der Waals surface area contributed by atoms with Gasteiger partial charge in [0.15, 0.2) is 10.9 Å². The molecule has 0 aliphatic heterocycles. The van der Waals surface area contributed by atoms with Crippen LogP contribution >= 0.6 is 39.3 Å². The number of carbonyl (C=O) groups excluding carboxylic acids is 1. The van der Waals surface area contributed by atoms with Gasteiger partial charge in [0.05, 0.1) is 11.2 Å². The van der Waals surface area contributed by atoms with E-state index in [2.05, 4.69) is 25.9 Å². The third-order valence-electron chi connectivity index (χ3n) is 3.15. The van der Waals surface area contributed by atoms with Crippen molar-refractivity contribution in [3.63, 3.8) is 0 Å². The predicted molar refractivity (Wildman–Crippen MR) is 102 cm³/mol. The van der Waals surface area contributed by atoms with Crippen molar-refractivity contribution in [2.45, 2.75) is 10.9 Å². The lowest BCUT2D eigenvalue weighted by molar-refractivity contribution is 0.0727. The van der Waals surface area contributed by atoms with Gasteiger partial charge in [0.2, 0.25) is 0 Å². The van der Waals surface area contributed by atoms with Crippen molar-refractivity contribution in [2.24, 2.45) is 0 Å². The van der Waals surface area contributed by atoms with E-state index in [9.17, 15) is 4.79 Å². The summed E-state index contributed by atoms with van der Waals surface area (Å²) in [7, 11) is 0. The number of ether oxygens (including phenoxy) is 1. The van der Waals surface area contributed by atoms with Gasteiger partial charge in [-0.05, 0) is 29.8 Å². The first-order valence-corrected chi connectivity index (χ1v) is 9.44. The number of rotatable bonds is 5. The third-order valence-corrected chi connectivity index (χ3v) is 4.89. The van der Waals surface area contributed by atoms with Crippen LogP contribution in [0.1, 0.15) is 16.1 Å². The number of thioether (sulfide) groups is 1. The molecule has 4 nitrogen and oxygen atoms in total. The van der Waals surface area contributed by atoms with Crippen molar-refractivity contribution in [2.75, 3.05) is 0 Å². The molecule has 0 spiro atoms. The Morgan fingerprint density at radius 3 is 2.56 bits per heavy atom. The lowest BCUT2D eigenvalue weighted by Gasteiger charge is -2.07. The van der Waals surface area contributed by atoms with Crippen LogP contribution in [0.25, 0.3) is 0 Å². The predicted octanol–water partition coefficient (Wildman–Crippen LogP) is 5.40. The minimum absolute atomic E-state index is 0.0511. The molecule has 0 radical (unpaired) electrons. The number of aromatic nitrogens is 2. The number of benzene rings is 2. The van der Waals surface area contributed by atoms with Crippen LogP contribution in [-0.2, 0) is 5.75 Å². The maximum absolute atomic E-state index is 12.3. The fourth-order valence-corrected chi connectivity index (χ4v) is 3.15. The van der Waals surface area contributed by atoms with Crippen LogP contribution < -0.4 is 4.74 Å². The van der Waals surface area contributed by atoms with Crippen LogP contribution in [0, 0.1) is 0 Å². The van der Waals surface area contributed by atoms with Gasteiger partial charge in [0, 0.05) is 10.2 Å². The quantitative estimate of drug-likeness (QED) is 0.232. The average Bonchev–Trinajstić information content (AvgIpc) is 2.64. The van der Waals surface area contributed by atoms with E-state index >= 15 is 0 Å². The van der Waals surface area contributed by atoms with E-state index in [0.29, 0.717) is 16.7 Å². The summed E-state index contributed by atoms with van der Waals surface area (Å²) >= 11 is 10.8. The Balaban J connectivity index is 1.72. The number of hydrogen-bond acceptors (Lipinski definition) is 5. The van der Waals surface area contributed by atoms with E-state index in [4.69, 9.17) is 16.3 Å². The topological polar surface area (TPSA) is 52.1 Å². The van der Waals surface area contributed by atoms with E-state index < -0.39 is 5.97 Å². The molecule has 0 fully saturated rings. The number of nitrogens with zero attached hydrogens (tertiary/aromatic N) is 2. The molecule has 1 heterocycles. The van der Waals surface area contributed by atoms with Crippen molar-refractivity contribution in [3.05, 3.63) is 81.5 Å². The Labute approximate surface area is 162 Å². The zero-order valence-electron chi connectivity index (χ0n) is 12.9. The van der Waals surface area contributed by atoms with Crippen molar-refractivity contribution in [1.82, 2.24) is 9.97 Å². The van der Waals surface area contributed by atoms with Crippen LogP contribution in [0.4, 0.5) is 0 Å². The Bertz CT molecular complexity index is 876. The molecule has 0 aliphatic rings. The maximum atomic E-state index is 12.3. The molecule has 0 unspecified atom stereocenters. The van der Waals surface area contributed by atoms with E-state index in [0.717, 1.165) is 10.0 Å². The monoisotopic (exact) mass is 434 g/mol. The van der Waals surface area contributed by atoms with Gasteiger partial charge in [-0.3, -0.25) is 0 Å². The molecular weight excluding hydrogens is 424 g/mol. The molecule has 2 aromatic carbocycles. The van der Waals surface area contributed by atoms with Crippen molar-refractivity contribution < 1.29 is 9.53 Å². The number of hydrogen-bond donors (Lipinski definition) is 0. The summed E-state index contributed by atoms with van der Waals surface area (Å²) in [4.78, 5) is 20.7. The highest BCUT2D eigenvalue weighted by molar-refractivity contribution is 9.10. The Kier molecular flexibility index (Phi) is 6.07. The Hall–Kier alpha value is -1.89. The zero-order valence-corrected chi connectivity index (χ0v) is 16.0. The highest BCUT2D eigenvalue weighted by Crippen LogP contribution is 2.23. The summed E-state index contributed by atoms with van der Waals surface area (Å²) in [5.41, 5.74) is 1.19. The van der Waals surface area contributed by atoms with Gasteiger partial charge >= 0.3 is 5.97 Å². The average molecular weight is 436 g/mol. The van der Waals surface area contributed by atoms with E-state index in [1.807, 2.05) is 30.3 Å². The second kappa shape index (κ2) is 8.47. The maximum Gasteiger partial charge on any atom is 0.364 e. The standard InChI is InChI=1S/C18H12BrClN2O2S/c19-13-6-8-14(9-7-13)24-17(23)16-15(20)10-21-18(22-16)25-11-12-4-2-1-3-5-12/h1-10H,11H2. The summed E-state index contributed by atoms with van der Waals surface area (Å²) < 4.78 is 6.21. The normalized spacial score (nSPS) is 10.5. The molecule has 1 aromatic heterocycles. The Morgan fingerprint density at radius 2 is 1.84 bits per heavy atom. The molecule has 0 N–H and O–H groups in total. The molecule has 0 saturated heterocycles. The van der Waals surface area contributed by atoms with Crippen LogP contribution in [-0.4, -0.2) is 15.9 Å². The van der Waals surface area contributed by atoms with Gasteiger partial charge in [0.25, 0.3) is 0 Å². The number of carbonyl (C=O) groups is 1. The first-order valence-electron chi connectivity index (χ1n) is 7.29. The van der Waals surface area contributed by atoms with Gasteiger partial charge in [-0.25, -0.2) is 14.8 Å². The number of esters is 1. The molecule has 3 aromatic rings. The first-order chi connectivity index (χ1) is 12.1. The molecule has 0 amide bonds. The molecule has 0 bridgehead atoms. The van der Waals surface area contributed by atoms with Crippen LogP contribution in [0.15, 0.2) is 70.4 Å². The molecule has 3 rings (SSSR count). The molecule has 7 heteroatoms. The largest absolute Gasteiger partial charge is 0.422 e. The second-order valence-electron chi connectivity index (χ2n) is 4.97. The molecule has 126 valence electrons. The van der Waals surface area contributed by atoms with Gasteiger partial charge in [-0.15, -0.1) is 0 Å². The van der Waals surface area contributed by atoms with Crippen LogP contribution in [0.2, 0.25) is 5.02 Å². The number of halogens is 2. The van der Waals surface area contributed by atoms with Gasteiger partial charge in [0.1, 0.15) is 5.75 Å². The molecule has 0 aliphatic carbocycles. The van der Waals surface area contributed by atoms with Gasteiger partial charge < -0.3 is 4.74 Å². The van der Waals surface area contributed by atoms with Crippen LogP contribution in [0.5, 0.6) is 5.75 Å². The lowest BCUT2D eigenvalue weighted by Crippen LogP contribution is -2.12. The summed E-state index contributed by atoms with van der Waals surface area (Å²) in [6.07, 6.45) is 1.42. The zero-order chi connectivity index (χ0) is 17.6. The second-order valence-corrected chi connectivity index (χ2v) is 7.23. The SMILES string of the molecule is O=C(Oc1ccc(Br)cc1)c1nc(SCc2ccccc2)ncc1Cl. The summed E-state index contributed by atoms with van der Waals surface area (Å²) in [6, 6.07) is 16.9. The van der Waals surface area contributed by atoms with Crippen molar-refractivity contribution in [3.8, 4) is 5.75 Å². The third kappa shape index (κ3) is 5.04.